The zero-order valence-electron chi connectivity index (χ0n) is 13.2. The number of carbonyl (C=O) groups is 2. The minimum absolute atomic E-state index is 0.131. The number of anilines is 1. The highest BCUT2D eigenvalue weighted by Crippen LogP contribution is 2.32. The molecule has 2 aliphatic rings. The number of rotatable bonds is 4. The first kappa shape index (κ1) is 15.9. The van der Waals surface area contributed by atoms with Crippen LogP contribution in [0, 0.1) is 0 Å². The first-order chi connectivity index (χ1) is 12.1. The number of nitrogens with one attached hydrogen (secondary N) is 1. The molecule has 2 aromatic rings. The summed E-state index contributed by atoms with van der Waals surface area (Å²) in [6, 6.07) is 11.7. The summed E-state index contributed by atoms with van der Waals surface area (Å²) in [4.78, 5) is 26.0. The molecule has 1 N–H and O–H groups in total. The number of amides is 2. The van der Waals surface area contributed by atoms with Crippen molar-refractivity contribution in [1.82, 2.24) is 5.32 Å². The Morgan fingerprint density at radius 1 is 1.08 bits per heavy atom. The number of fused-ring (bicyclic) bond motifs is 1. The van der Waals surface area contributed by atoms with E-state index in [2.05, 4.69) is 5.32 Å². The second kappa shape index (κ2) is 6.38. The average Bonchev–Trinajstić information content (AvgIpc) is 3.18. The smallest absolute Gasteiger partial charge is 0.251 e. The van der Waals surface area contributed by atoms with Crippen LogP contribution in [0.25, 0.3) is 0 Å². The van der Waals surface area contributed by atoms with Crippen LogP contribution in [0.2, 0.25) is 5.02 Å². The van der Waals surface area contributed by atoms with Crippen molar-refractivity contribution in [1.29, 1.82) is 0 Å². The molecular weight excluding hydrogens is 344 g/mol. The van der Waals surface area contributed by atoms with Crippen LogP contribution in [0.3, 0.4) is 0 Å². The van der Waals surface area contributed by atoms with Crippen molar-refractivity contribution in [2.45, 2.75) is 19.0 Å². The summed E-state index contributed by atoms with van der Waals surface area (Å²) in [6.07, 6.45) is 0.131. The minimum atomic E-state index is -0.548. The number of hydrogen-bond acceptors (Lipinski definition) is 5. The molecule has 0 spiro atoms. The van der Waals surface area contributed by atoms with Crippen molar-refractivity contribution in [3.05, 3.63) is 53.1 Å². The van der Waals surface area contributed by atoms with Gasteiger partial charge in [0.15, 0.2) is 11.5 Å². The monoisotopic (exact) mass is 358 g/mol. The molecule has 0 aliphatic carbocycles. The van der Waals surface area contributed by atoms with Crippen LogP contribution in [0.4, 0.5) is 5.69 Å². The molecule has 25 heavy (non-hydrogen) atoms. The fraction of sp³-hybridized carbons (Fsp3) is 0.222. The van der Waals surface area contributed by atoms with E-state index < -0.39 is 6.04 Å². The van der Waals surface area contributed by atoms with Crippen LogP contribution < -0.4 is 19.7 Å². The SMILES string of the molecule is O=C1C[C@H](NCc2ccc3c(c2)OCO3)C(=O)N1c1ccc(Cl)cc1. The van der Waals surface area contributed by atoms with Crippen molar-refractivity contribution in [3.8, 4) is 11.5 Å². The largest absolute Gasteiger partial charge is 0.454 e. The molecule has 4 rings (SSSR count). The highest BCUT2D eigenvalue weighted by atomic mass is 35.5. The predicted molar refractivity (Wildman–Crippen MR) is 91.8 cm³/mol. The molecule has 1 atom stereocenters. The number of ether oxygens (including phenoxy) is 2. The number of nitrogens with zero attached hydrogens (tertiary/aromatic N) is 1. The molecule has 0 unspecified atom stereocenters. The van der Waals surface area contributed by atoms with E-state index in [1.165, 1.54) is 4.90 Å². The van der Waals surface area contributed by atoms with E-state index >= 15 is 0 Å². The maximum absolute atomic E-state index is 12.6. The first-order valence-electron chi connectivity index (χ1n) is 7.86. The van der Waals surface area contributed by atoms with Crippen LogP contribution in [0.5, 0.6) is 11.5 Å². The predicted octanol–water partition coefficient (Wildman–Crippen LogP) is 2.49. The Morgan fingerprint density at radius 2 is 1.84 bits per heavy atom. The van der Waals surface area contributed by atoms with Crippen LogP contribution in [0.1, 0.15) is 12.0 Å². The van der Waals surface area contributed by atoms with E-state index in [4.69, 9.17) is 21.1 Å². The third kappa shape index (κ3) is 3.06. The van der Waals surface area contributed by atoms with E-state index in [1.54, 1.807) is 24.3 Å². The Kier molecular flexibility index (Phi) is 4.07. The highest BCUT2D eigenvalue weighted by Gasteiger charge is 2.39. The third-order valence-corrected chi connectivity index (χ3v) is 4.47. The molecule has 1 fully saturated rings. The van der Waals surface area contributed by atoms with E-state index in [-0.39, 0.29) is 25.0 Å². The summed E-state index contributed by atoms with van der Waals surface area (Å²) in [5.74, 6) is 0.921. The van der Waals surface area contributed by atoms with Gasteiger partial charge in [0.05, 0.1) is 18.2 Å². The molecule has 7 heteroatoms. The normalized spacial score (nSPS) is 18.9. The van der Waals surface area contributed by atoms with Gasteiger partial charge in [-0.3, -0.25) is 9.59 Å². The van der Waals surface area contributed by atoms with E-state index in [0.717, 1.165) is 5.56 Å². The van der Waals surface area contributed by atoms with Crippen molar-refractivity contribution >= 4 is 29.1 Å². The van der Waals surface area contributed by atoms with Gasteiger partial charge in [0.2, 0.25) is 12.7 Å². The van der Waals surface area contributed by atoms with Crippen LogP contribution >= 0.6 is 11.6 Å². The maximum Gasteiger partial charge on any atom is 0.251 e. The standard InChI is InChI=1S/C18H15ClN2O4/c19-12-2-4-13(5-3-12)21-17(22)8-14(18(21)23)20-9-11-1-6-15-16(7-11)25-10-24-15/h1-7,14,20H,8-10H2/t14-/m0/s1. The summed E-state index contributed by atoms with van der Waals surface area (Å²) in [6.45, 7) is 0.673. The molecule has 0 saturated carbocycles. The topological polar surface area (TPSA) is 67.9 Å². The molecule has 0 aromatic heterocycles. The molecule has 2 aliphatic heterocycles. The second-order valence-corrected chi connectivity index (χ2v) is 6.31. The lowest BCUT2D eigenvalue weighted by molar-refractivity contribution is -0.121. The molecular formula is C18H15ClN2O4. The fourth-order valence-electron chi connectivity index (χ4n) is 2.94. The lowest BCUT2D eigenvalue weighted by atomic mass is 10.1. The number of imide groups is 1. The maximum atomic E-state index is 12.6. The fourth-order valence-corrected chi connectivity index (χ4v) is 3.07. The Hall–Kier alpha value is -2.57. The van der Waals surface area contributed by atoms with Gasteiger partial charge in [0.1, 0.15) is 0 Å². The minimum Gasteiger partial charge on any atom is -0.454 e. The lowest BCUT2D eigenvalue weighted by Gasteiger charge is -2.15. The van der Waals surface area contributed by atoms with Crippen molar-refractivity contribution in [2.24, 2.45) is 0 Å². The molecule has 2 aromatic carbocycles. The van der Waals surface area contributed by atoms with Crippen molar-refractivity contribution in [2.75, 3.05) is 11.7 Å². The quantitative estimate of drug-likeness (QED) is 0.850. The number of carbonyl (C=O) groups excluding carboxylic acids is 2. The van der Waals surface area contributed by atoms with Gasteiger partial charge in [-0.05, 0) is 42.0 Å². The molecule has 6 nitrogen and oxygen atoms in total. The molecule has 2 amide bonds. The van der Waals surface area contributed by atoms with E-state index in [9.17, 15) is 9.59 Å². The zero-order chi connectivity index (χ0) is 17.4. The van der Waals surface area contributed by atoms with Gasteiger partial charge < -0.3 is 14.8 Å². The summed E-state index contributed by atoms with van der Waals surface area (Å²) in [7, 11) is 0. The van der Waals surface area contributed by atoms with Crippen LogP contribution in [-0.4, -0.2) is 24.6 Å². The molecule has 2 heterocycles. The summed E-state index contributed by atoms with van der Waals surface area (Å²) in [5, 5.41) is 3.70. The highest BCUT2D eigenvalue weighted by molar-refractivity contribution is 6.30. The Balaban J connectivity index is 1.44. The first-order valence-corrected chi connectivity index (χ1v) is 8.24. The molecule has 0 bridgehead atoms. The molecule has 1 saturated heterocycles. The van der Waals surface area contributed by atoms with Gasteiger partial charge in [-0.1, -0.05) is 17.7 Å². The van der Waals surface area contributed by atoms with Crippen LogP contribution in [-0.2, 0) is 16.1 Å². The van der Waals surface area contributed by atoms with Gasteiger partial charge in [-0.2, -0.15) is 0 Å². The lowest BCUT2D eigenvalue weighted by Crippen LogP contribution is -2.38. The number of benzene rings is 2. The van der Waals surface area contributed by atoms with Crippen molar-refractivity contribution in [3.63, 3.8) is 0 Å². The number of halogens is 1. The van der Waals surface area contributed by atoms with Gasteiger partial charge in [0, 0.05) is 11.6 Å². The van der Waals surface area contributed by atoms with Gasteiger partial charge >= 0.3 is 0 Å². The summed E-state index contributed by atoms with van der Waals surface area (Å²) >= 11 is 5.86. The summed E-state index contributed by atoms with van der Waals surface area (Å²) in [5.41, 5.74) is 1.49. The second-order valence-electron chi connectivity index (χ2n) is 5.87. The van der Waals surface area contributed by atoms with Gasteiger partial charge in [-0.25, -0.2) is 4.90 Å². The van der Waals surface area contributed by atoms with Crippen molar-refractivity contribution < 1.29 is 19.1 Å². The average molecular weight is 359 g/mol. The Morgan fingerprint density at radius 3 is 2.64 bits per heavy atom. The summed E-state index contributed by atoms with van der Waals surface area (Å²) < 4.78 is 10.6. The Bertz CT molecular complexity index is 837. The van der Waals surface area contributed by atoms with E-state index in [0.29, 0.717) is 28.8 Å². The third-order valence-electron chi connectivity index (χ3n) is 4.22. The molecule has 128 valence electrons. The van der Waals surface area contributed by atoms with Gasteiger partial charge in [0.25, 0.3) is 5.91 Å². The number of hydrogen-bond donors (Lipinski definition) is 1. The van der Waals surface area contributed by atoms with Gasteiger partial charge in [-0.15, -0.1) is 0 Å². The zero-order valence-corrected chi connectivity index (χ0v) is 14.0. The Labute approximate surface area is 149 Å². The van der Waals surface area contributed by atoms with E-state index in [1.807, 2.05) is 18.2 Å². The van der Waals surface area contributed by atoms with Crippen LogP contribution in [0.15, 0.2) is 42.5 Å². The molecule has 0 radical (unpaired) electrons.